The van der Waals surface area contributed by atoms with Gasteiger partial charge < -0.3 is 43.2 Å². The summed E-state index contributed by atoms with van der Waals surface area (Å²) in [7, 11) is 9.19. The zero-order chi connectivity index (χ0) is 38.3. The molecule has 3 fully saturated rings. The standard InChI is InChI=1S/C37H58BN5O9/c1-11-28-37(8)31-22(4)26(13-12-15-42(31)35(47)52-37)20(2)18-36(7,48-10)32(23(5)29(44)24(6)33(46)50-28)51-34-30(45)27(17-21(3)49-34)41(9)16-14-25-19-43(38)40-39-25/h13,19-24,27-28,30-32,34,45H,11-12,14-18H2,1-10H3/t20-,21-,22+,23+,24-,27+,28-,30-,31+,32-,34+,36-,37-/m1/s1. The van der Waals surface area contributed by atoms with Crippen molar-refractivity contribution >= 4 is 25.8 Å². The first-order valence-electron chi connectivity index (χ1n) is 18.8. The Morgan fingerprint density at radius 2 is 1.85 bits per heavy atom. The van der Waals surface area contributed by atoms with E-state index < -0.39 is 71.5 Å². The molecule has 15 heteroatoms. The highest BCUT2D eigenvalue weighted by Gasteiger charge is 2.60. The molecule has 1 aromatic heterocycles. The molecule has 2 bridgehead atoms. The quantitative estimate of drug-likeness (QED) is 0.181. The first kappa shape index (κ1) is 40.3. The number of amides is 1. The molecule has 0 aliphatic carbocycles. The molecule has 13 atom stereocenters. The van der Waals surface area contributed by atoms with Crippen molar-refractivity contribution in [1.29, 1.82) is 0 Å². The molecule has 5 heterocycles. The summed E-state index contributed by atoms with van der Waals surface area (Å²) in [6, 6.07) is -0.726. The molecule has 52 heavy (non-hydrogen) atoms. The third-order valence-electron chi connectivity index (χ3n) is 12.3. The molecule has 0 aromatic carbocycles. The van der Waals surface area contributed by atoms with Crippen LogP contribution in [0.25, 0.3) is 0 Å². The first-order chi connectivity index (χ1) is 24.4. The number of nitrogens with zero attached hydrogens (tertiary/aromatic N) is 5. The molecule has 3 saturated heterocycles. The average Bonchev–Trinajstić information content (AvgIpc) is 3.57. The smallest absolute Gasteiger partial charge is 0.410 e. The Morgan fingerprint density at radius 3 is 2.48 bits per heavy atom. The normalized spacial score (nSPS) is 40.5. The van der Waals surface area contributed by atoms with Gasteiger partial charge in [0.05, 0.1) is 29.5 Å². The SMILES string of the molecule is [B]n1cc(CCN(C)[C@H]2C[C@@H](C)O[C@@H](O[C@@H]3[C@@H](C)C(=O)[C@@H](C)C(=O)O[C@H](CC)[C@@]4(C)OC(=O)N5CCC=C([C@H](C)C[C@@]3(C)OC)[C@H](C)[C@H]54)[C@@H]2O)nn1. The molecule has 5 rings (SSSR count). The minimum Gasteiger partial charge on any atom is -0.458 e. The lowest BCUT2D eigenvalue weighted by molar-refractivity contribution is -0.296. The number of ether oxygens (including phenoxy) is 5. The number of Topliss-reactive ketones (excluding diaryl/α,β-unsaturated/α-hetero) is 1. The molecular weight excluding hydrogens is 669 g/mol. The number of ketones is 1. The van der Waals surface area contributed by atoms with Gasteiger partial charge in [-0.05, 0) is 66.3 Å². The fraction of sp³-hybridized carbons (Fsp3) is 0.811. The predicted molar refractivity (Wildman–Crippen MR) is 191 cm³/mol. The van der Waals surface area contributed by atoms with Crippen molar-refractivity contribution in [3.63, 3.8) is 0 Å². The number of aliphatic hydroxyl groups is 1. The van der Waals surface area contributed by atoms with E-state index in [0.29, 0.717) is 45.2 Å². The van der Waals surface area contributed by atoms with Crippen molar-refractivity contribution in [1.82, 2.24) is 24.7 Å². The molecule has 4 aliphatic rings. The largest absolute Gasteiger partial charge is 0.458 e. The van der Waals surface area contributed by atoms with Gasteiger partial charge >= 0.3 is 12.1 Å². The molecule has 1 aromatic rings. The van der Waals surface area contributed by atoms with E-state index in [1.165, 1.54) is 6.92 Å². The summed E-state index contributed by atoms with van der Waals surface area (Å²) >= 11 is 0. The van der Waals surface area contributed by atoms with Gasteiger partial charge in [-0.3, -0.25) is 9.59 Å². The van der Waals surface area contributed by atoms with E-state index in [9.17, 15) is 19.5 Å². The Hall–Kier alpha value is -2.85. The number of rotatable bonds is 8. The van der Waals surface area contributed by atoms with Crippen LogP contribution in [-0.2, 0) is 39.7 Å². The summed E-state index contributed by atoms with van der Waals surface area (Å²) in [5.41, 5.74) is -0.348. The molecule has 0 spiro atoms. The predicted octanol–water partition coefficient (Wildman–Crippen LogP) is 3.09. The molecular formula is C37H58BN5O9. The van der Waals surface area contributed by atoms with Gasteiger partial charge in [-0.15, -0.1) is 5.10 Å². The maximum Gasteiger partial charge on any atom is 0.410 e. The van der Waals surface area contributed by atoms with Crippen LogP contribution in [0, 0.1) is 23.7 Å². The second-order valence-corrected chi connectivity index (χ2v) is 15.9. The van der Waals surface area contributed by atoms with Crippen LogP contribution in [0.4, 0.5) is 4.79 Å². The van der Waals surface area contributed by atoms with Crippen LogP contribution in [0.15, 0.2) is 17.8 Å². The summed E-state index contributed by atoms with van der Waals surface area (Å²) in [5, 5.41) is 19.7. The second kappa shape index (κ2) is 15.9. The third kappa shape index (κ3) is 7.71. The van der Waals surface area contributed by atoms with Gasteiger partial charge in [-0.1, -0.05) is 44.6 Å². The lowest BCUT2D eigenvalue weighted by Gasteiger charge is -2.47. The number of fused-ring (bicyclic) bond motifs is 1. The summed E-state index contributed by atoms with van der Waals surface area (Å²) < 4.78 is 32.7. The van der Waals surface area contributed by atoms with E-state index >= 15 is 0 Å². The Morgan fingerprint density at radius 1 is 1.13 bits per heavy atom. The molecule has 288 valence electrons. The molecule has 1 N–H and O–H groups in total. The zero-order valence-electron chi connectivity index (χ0n) is 32.5. The van der Waals surface area contributed by atoms with Gasteiger partial charge in [0.1, 0.15) is 18.1 Å². The fourth-order valence-corrected chi connectivity index (χ4v) is 9.32. The number of carbonyl (C=O) groups is 3. The Balaban J connectivity index is 1.49. The maximum atomic E-state index is 14.3. The van der Waals surface area contributed by atoms with Crippen molar-refractivity contribution in [2.45, 2.75) is 141 Å². The van der Waals surface area contributed by atoms with Gasteiger partial charge in [0.15, 0.2) is 17.7 Å². The van der Waals surface area contributed by atoms with Crippen LogP contribution in [0.5, 0.6) is 0 Å². The van der Waals surface area contributed by atoms with Crippen LogP contribution in [0.3, 0.4) is 0 Å². The van der Waals surface area contributed by atoms with Gasteiger partial charge in [-0.25, -0.2) is 4.79 Å². The van der Waals surface area contributed by atoms with Crippen molar-refractivity contribution < 1.29 is 43.2 Å². The van der Waals surface area contributed by atoms with E-state index in [4.69, 9.17) is 31.7 Å². The average molecular weight is 728 g/mol. The number of cyclic esters (lactones) is 1. The maximum absolute atomic E-state index is 14.3. The van der Waals surface area contributed by atoms with Crippen LogP contribution in [-0.4, -0.2) is 137 Å². The highest BCUT2D eigenvalue weighted by atomic mass is 16.7. The lowest BCUT2D eigenvalue weighted by atomic mass is 9.72. The molecule has 0 unspecified atom stereocenters. The molecule has 0 saturated carbocycles. The topological polar surface area (TPSA) is 155 Å². The number of esters is 1. The minimum absolute atomic E-state index is 0.0715. The lowest BCUT2D eigenvalue weighted by Crippen LogP contribution is -2.60. The fourth-order valence-electron chi connectivity index (χ4n) is 9.32. The number of carbonyl (C=O) groups excluding carboxylic acids is 3. The van der Waals surface area contributed by atoms with Gasteiger partial charge in [0.25, 0.3) is 7.98 Å². The summed E-state index contributed by atoms with van der Waals surface area (Å²) in [6.45, 7) is 16.1. The summed E-state index contributed by atoms with van der Waals surface area (Å²) in [4.78, 5) is 45.3. The van der Waals surface area contributed by atoms with E-state index in [0.717, 1.165) is 15.9 Å². The monoisotopic (exact) mass is 727 g/mol. The van der Waals surface area contributed by atoms with E-state index in [2.05, 4.69) is 30.2 Å². The van der Waals surface area contributed by atoms with E-state index in [-0.39, 0.29) is 24.0 Å². The number of aromatic nitrogens is 3. The first-order valence-corrected chi connectivity index (χ1v) is 18.8. The number of methoxy groups -OCH3 is 1. The number of aliphatic hydroxyl groups excluding tert-OH is 1. The number of hydrogen-bond donors (Lipinski definition) is 1. The number of likely N-dealkylation sites (N-methyl/N-ethyl adjacent to an activating group) is 1. The van der Waals surface area contributed by atoms with Gasteiger partial charge in [0, 0.05) is 50.7 Å². The van der Waals surface area contributed by atoms with Gasteiger partial charge in [0.2, 0.25) is 0 Å². The molecule has 2 radical (unpaired) electrons. The minimum atomic E-state index is -1.16. The molecule has 14 nitrogen and oxygen atoms in total. The second-order valence-electron chi connectivity index (χ2n) is 15.9. The van der Waals surface area contributed by atoms with Gasteiger partial charge in [-0.2, -0.15) is 0 Å². The van der Waals surface area contributed by atoms with Crippen LogP contribution < -0.4 is 0 Å². The van der Waals surface area contributed by atoms with Crippen molar-refractivity contribution in [2.24, 2.45) is 23.7 Å². The summed E-state index contributed by atoms with van der Waals surface area (Å²) in [6.07, 6.45) is 1.89. The molecule has 4 aliphatic heterocycles. The zero-order valence-corrected chi connectivity index (χ0v) is 32.5. The van der Waals surface area contributed by atoms with Crippen LogP contribution >= 0.6 is 0 Å². The Labute approximate surface area is 309 Å². The van der Waals surface area contributed by atoms with Crippen molar-refractivity contribution in [3.8, 4) is 0 Å². The summed E-state index contributed by atoms with van der Waals surface area (Å²) in [5.74, 6) is -3.32. The van der Waals surface area contributed by atoms with Crippen LogP contribution in [0.1, 0.15) is 86.8 Å². The highest BCUT2D eigenvalue weighted by molar-refractivity contribution is 6.05. The van der Waals surface area contributed by atoms with E-state index in [1.54, 1.807) is 25.1 Å². The van der Waals surface area contributed by atoms with Crippen molar-refractivity contribution in [3.05, 3.63) is 23.5 Å². The number of hydrogen-bond acceptors (Lipinski definition) is 12. The molecule has 1 amide bonds. The van der Waals surface area contributed by atoms with Crippen molar-refractivity contribution in [2.75, 3.05) is 27.2 Å². The van der Waals surface area contributed by atoms with Crippen LogP contribution in [0.2, 0.25) is 0 Å². The highest BCUT2D eigenvalue weighted by Crippen LogP contribution is 2.46. The van der Waals surface area contributed by atoms with E-state index in [1.807, 2.05) is 39.6 Å². The third-order valence-corrected chi connectivity index (χ3v) is 12.3. The Kier molecular flexibility index (Phi) is 12.3. The Bertz CT molecular complexity index is 1490.